The van der Waals surface area contributed by atoms with Crippen LogP contribution in [0, 0.1) is 35.5 Å². The van der Waals surface area contributed by atoms with Crippen molar-refractivity contribution >= 4 is 0 Å². The van der Waals surface area contributed by atoms with Crippen molar-refractivity contribution in [1.29, 1.82) is 0 Å². The highest BCUT2D eigenvalue weighted by Crippen LogP contribution is 2.47. The van der Waals surface area contributed by atoms with E-state index >= 15 is 0 Å². The van der Waals surface area contributed by atoms with Gasteiger partial charge in [-0.05, 0) is 125 Å². The molecule has 0 radical (unpaired) electrons. The van der Waals surface area contributed by atoms with E-state index in [1.165, 1.54) is 70.6 Å². The Morgan fingerprint density at radius 3 is 1.34 bits per heavy atom. The van der Waals surface area contributed by atoms with Crippen molar-refractivity contribution < 1.29 is 0 Å². The van der Waals surface area contributed by atoms with Gasteiger partial charge in [-0.25, -0.2) is 0 Å². The normalized spacial score (nSPS) is 39.5. The molecule has 166 valence electrons. The van der Waals surface area contributed by atoms with Crippen molar-refractivity contribution in [2.24, 2.45) is 35.5 Å². The summed E-state index contributed by atoms with van der Waals surface area (Å²) in [5.74, 6) is 6.48. The lowest BCUT2D eigenvalue weighted by atomic mass is 9.65. The molecule has 4 aliphatic rings. The van der Waals surface area contributed by atoms with Crippen LogP contribution in [0.4, 0.5) is 0 Å². The van der Waals surface area contributed by atoms with Gasteiger partial charge in [-0.2, -0.15) is 0 Å². The van der Waals surface area contributed by atoms with Gasteiger partial charge in [0.05, 0.1) is 0 Å². The van der Waals surface area contributed by atoms with Gasteiger partial charge in [0.2, 0.25) is 0 Å². The summed E-state index contributed by atoms with van der Waals surface area (Å²) in [5.41, 5.74) is 3.84. The van der Waals surface area contributed by atoms with E-state index in [0.717, 1.165) is 35.5 Å². The molecule has 0 N–H and O–H groups in total. The molecule has 0 spiro atoms. The van der Waals surface area contributed by atoms with Gasteiger partial charge in [-0.3, -0.25) is 0 Å². The highest BCUT2D eigenvalue weighted by molar-refractivity contribution is 5.18. The van der Waals surface area contributed by atoms with Gasteiger partial charge in [0.25, 0.3) is 0 Å². The molecule has 4 aliphatic carbocycles. The molecule has 0 heteroatoms. The predicted molar refractivity (Wildman–Crippen MR) is 127 cm³/mol. The molecule has 0 bridgehead atoms. The second kappa shape index (κ2) is 10.9. The van der Waals surface area contributed by atoms with Crippen LogP contribution in [0.25, 0.3) is 0 Å². The van der Waals surface area contributed by atoms with Crippen molar-refractivity contribution in [1.82, 2.24) is 0 Å². The Morgan fingerprint density at radius 1 is 0.483 bits per heavy atom. The summed E-state index contributed by atoms with van der Waals surface area (Å²) >= 11 is 0. The minimum absolute atomic E-state index is 1.03. The van der Waals surface area contributed by atoms with E-state index in [1.54, 1.807) is 51.4 Å². The first kappa shape index (κ1) is 22.0. The third kappa shape index (κ3) is 5.71. The van der Waals surface area contributed by atoms with Crippen LogP contribution in [0.2, 0.25) is 0 Å². The molecule has 0 aromatic rings. The van der Waals surface area contributed by atoms with Gasteiger partial charge >= 0.3 is 0 Å². The molecule has 0 atom stereocenters. The fourth-order valence-electron chi connectivity index (χ4n) is 8.05. The number of hydrogen-bond donors (Lipinski definition) is 0. The summed E-state index contributed by atoms with van der Waals surface area (Å²) in [5, 5.41) is 0. The number of rotatable bonds is 5. The maximum absolute atomic E-state index is 2.39. The number of allylic oxidation sites excluding steroid dienone is 2. The van der Waals surface area contributed by atoms with Crippen LogP contribution in [0.5, 0.6) is 0 Å². The Balaban J connectivity index is 1.18. The van der Waals surface area contributed by atoms with Gasteiger partial charge in [0.15, 0.2) is 0 Å². The fourth-order valence-corrected chi connectivity index (χ4v) is 8.05. The SMILES string of the molecule is CCCC1CCC(C2CCC(C3CCC(=C4CCC(CC)CC4)CC3)CC2)CC1. The molecule has 29 heavy (non-hydrogen) atoms. The first-order chi connectivity index (χ1) is 14.3. The second-order valence-electron chi connectivity index (χ2n) is 11.6. The summed E-state index contributed by atoms with van der Waals surface area (Å²) in [6.07, 6.45) is 28.8. The monoisotopic (exact) mass is 398 g/mol. The maximum atomic E-state index is 2.39. The first-order valence-electron chi connectivity index (χ1n) is 14.0. The Bertz CT molecular complexity index is 492. The molecule has 0 aromatic carbocycles. The van der Waals surface area contributed by atoms with E-state index in [9.17, 15) is 0 Å². The van der Waals surface area contributed by atoms with Gasteiger partial charge in [-0.15, -0.1) is 0 Å². The summed E-state index contributed by atoms with van der Waals surface area (Å²) < 4.78 is 0. The van der Waals surface area contributed by atoms with E-state index in [4.69, 9.17) is 0 Å². The molecular formula is C29H50. The zero-order valence-electron chi connectivity index (χ0n) is 19.9. The first-order valence-corrected chi connectivity index (χ1v) is 14.0. The highest BCUT2D eigenvalue weighted by Gasteiger charge is 2.34. The van der Waals surface area contributed by atoms with Crippen LogP contribution in [0.1, 0.15) is 136 Å². The van der Waals surface area contributed by atoms with E-state index < -0.39 is 0 Å². The zero-order valence-corrected chi connectivity index (χ0v) is 19.9. The van der Waals surface area contributed by atoms with Gasteiger partial charge in [0.1, 0.15) is 0 Å². The topological polar surface area (TPSA) is 0 Å². The Hall–Kier alpha value is -0.260. The van der Waals surface area contributed by atoms with Gasteiger partial charge in [-0.1, -0.05) is 57.1 Å². The van der Waals surface area contributed by atoms with Crippen molar-refractivity contribution in [3.63, 3.8) is 0 Å². The van der Waals surface area contributed by atoms with Crippen molar-refractivity contribution in [3.05, 3.63) is 11.1 Å². The van der Waals surface area contributed by atoms with E-state index in [2.05, 4.69) is 13.8 Å². The lowest BCUT2D eigenvalue weighted by Crippen LogP contribution is -2.29. The molecule has 0 saturated heterocycles. The van der Waals surface area contributed by atoms with Gasteiger partial charge in [0, 0.05) is 0 Å². The molecule has 0 amide bonds. The standard InChI is InChI=1S/C29H50/c1-3-5-23-8-12-25(13-9-23)27-16-20-29(21-17-27)28-18-14-26(15-19-28)24-10-6-22(4-2)7-11-24/h22-23,25,27-29H,3-21H2,1-2H3. The minimum atomic E-state index is 1.03. The van der Waals surface area contributed by atoms with Crippen LogP contribution in [0.3, 0.4) is 0 Å². The van der Waals surface area contributed by atoms with Gasteiger partial charge < -0.3 is 0 Å². The molecule has 0 nitrogen and oxygen atoms in total. The predicted octanol–water partition coefficient (Wildman–Crippen LogP) is 9.49. The zero-order chi connectivity index (χ0) is 20.1. The molecule has 0 unspecified atom stereocenters. The summed E-state index contributed by atoms with van der Waals surface area (Å²) in [4.78, 5) is 0. The number of hydrogen-bond acceptors (Lipinski definition) is 0. The molecule has 0 aliphatic heterocycles. The minimum Gasteiger partial charge on any atom is -0.0710 e. The average Bonchev–Trinajstić information content (AvgIpc) is 2.80. The Kier molecular flexibility index (Phi) is 8.22. The summed E-state index contributed by atoms with van der Waals surface area (Å²) in [7, 11) is 0. The largest absolute Gasteiger partial charge is 0.0710 e. The third-order valence-electron chi connectivity index (χ3n) is 10.2. The van der Waals surface area contributed by atoms with Crippen LogP contribution in [-0.4, -0.2) is 0 Å². The molecule has 4 saturated carbocycles. The molecule has 4 fully saturated rings. The van der Waals surface area contributed by atoms with Crippen LogP contribution < -0.4 is 0 Å². The lowest BCUT2D eigenvalue weighted by molar-refractivity contribution is 0.115. The van der Waals surface area contributed by atoms with Crippen LogP contribution in [-0.2, 0) is 0 Å². The Morgan fingerprint density at radius 2 is 0.897 bits per heavy atom. The third-order valence-corrected chi connectivity index (χ3v) is 10.2. The molecule has 0 heterocycles. The average molecular weight is 399 g/mol. The smallest absolute Gasteiger partial charge is 0.0315 e. The fraction of sp³-hybridized carbons (Fsp3) is 0.931. The summed E-state index contributed by atoms with van der Waals surface area (Å²) in [6.45, 7) is 4.76. The summed E-state index contributed by atoms with van der Waals surface area (Å²) in [6, 6.07) is 0. The van der Waals surface area contributed by atoms with Crippen molar-refractivity contribution in [2.45, 2.75) is 136 Å². The van der Waals surface area contributed by atoms with Crippen molar-refractivity contribution in [2.75, 3.05) is 0 Å². The quantitative estimate of drug-likeness (QED) is 0.404. The van der Waals surface area contributed by atoms with Crippen LogP contribution in [0.15, 0.2) is 11.1 Å². The van der Waals surface area contributed by atoms with E-state index in [-0.39, 0.29) is 0 Å². The van der Waals surface area contributed by atoms with Crippen molar-refractivity contribution in [3.8, 4) is 0 Å². The van der Waals surface area contributed by atoms with E-state index in [1.807, 2.05) is 11.1 Å². The van der Waals surface area contributed by atoms with E-state index in [0.29, 0.717) is 0 Å². The maximum Gasteiger partial charge on any atom is -0.0315 e. The molecular weight excluding hydrogens is 348 g/mol. The lowest BCUT2D eigenvalue weighted by Gasteiger charge is -2.41. The highest BCUT2D eigenvalue weighted by atomic mass is 14.4. The van der Waals surface area contributed by atoms with Crippen LogP contribution >= 0.6 is 0 Å². The Labute approximate surface area is 182 Å². The second-order valence-corrected chi connectivity index (χ2v) is 11.6. The molecule has 4 rings (SSSR count). The molecule has 0 aromatic heterocycles.